The first kappa shape index (κ1) is 10.5. The molecular formula is C12H18N2O. The molecular weight excluding hydrogens is 188 g/mol. The third-order valence-corrected chi connectivity index (χ3v) is 3.17. The second kappa shape index (κ2) is 4.64. The highest BCUT2D eigenvalue weighted by Crippen LogP contribution is 2.27. The summed E-state index contributed by atoms with van der Waals surface area (Å²) in [7, 11) is 0. The molecule has 3 heteroatoms. The lowest BCUT2D eigenvalue weighted by Crippen LogP contribution is -2.33. The van der Waals surface area contributed by atoms with E-state index in [0.29, 0.717) is 11.7 Å². The van der Waals surface area contributed by atoms with E-state index < -0.39 is 0 Å². The highest BCUT2D eigenvalue weighted by Gasteiger charge is 2.21. The Labute approximate surface area is 90.3 Å². The Kier molecular flexibility index (Phi) is 3.23. The quantitative estimate of drug-likeness (QED) is 0.685. The van der Waals surface area contributed by atoms with Crippen molar-refractivity contribution in [3.05, 3.63) is 29.8 Å². The first-order chi connectivity index (χ1) is 7.27. The molecule has 0 bridgehead atoms. The molecule has 4 N–H and O–H groups in total. The van der Waals surface area contributed by atoms with Crippen molar-refractivity contribution in [3.63, 3.8) is 0 Å². The van der Waals surface area contributed by atoms with Crippen molar-refractivity contribution in [1.29, 1.82) is 0 Å². The summed E-state index contributed by atoms with van der Waals surface area (Å²) in [6.07, 6.45) is 2.28. The molecule has 0 saturated carbocycles. The topological polar surface area (TPSA) is 58.3 Å². The van der Waals surface area contributed by atoms with E-state index in [4.69, 9.17) is 5.73 Å². The van der Waals surface area contributed by atoms with Crippen LogP contribution in [0.2, 0.25) is 0 Å². The Hall–Kier alpha value is -1.06. The summed E-state index contributed by atoms with van der Waals surface area (Å²) < 4.78 is 0. The van der Waals surface area contributed by atoms with Crippen LogP contribution in [0.25, 0.3) is 0 Å². The zero-order valence-corrected chi connectivity index (χ0v) is 8.82. The third kappa shape index (κ3) is 2.49. The molecule has 82 valence electrons. The van der Waals surface area contributed by atoms with Crippen molar-refractivity contribution in [2.75, 3.05) is 13.1 Å². The van der Waals surface area contributed by atoms with Gasteiger partial charge in [0.1, 0.15) is 5.75 Å². The standard InChI is InChI=1S/C12H18N2O/c13-12(10-5-7-14-8-6-10)9-1-3-11(15)4-2-9/h1-4,10,12,14-15H,5-8,13H2. The van der Waals surface area contributed by atoms with Gasteiger partial charge in [0, 0.05) is 6.04 Å². The summed E-state index contributed by atoms with van der Waals surface area (Å²) >= 11 is 0. The summed E-state index contributed by atoms with van der Waals surface area (Å²) in [5.74, 6) is 0.868. The van der Waals surface area contributed by atoms with Crippen molar-refractivity contribution in [3.8, 4) is 5.75 Å². The Balaban J connectivity index is 2.05. The SMILES string of the molecule is NC(c1ccc(O)cc1)C1CCNCC1. The molecule has 0 aromatic heterocycles. The summed E-state index contributed by atoms with van der Waals surface area (Å²) in [6, 6.07) is 7.35. The van der Waals surface area contributed by atoms with E-state index >= 15 is 0 Å². The monoisotopic (exact) mass is 206 g/mol. The van der Waals surface area contributed by atoms with Gasteiger partial charge < -0.3 is 16.2 Å². The summed E-state index contributed by atoms with van der Waals surface area (Å²) in [5.41, 5.74) is 7.34. The van der Waals surface area contributed by atoms with Gasteiger partial charge in [0.2, 0.25) is 0 Å². The normalized spacial score (nSPS) is 20.1. The van der Waals surface area contributed by atoms with E-state index in [0.717, 1.165) is 31.5 Å². The summed E-state index contributed by atoms with van der Waals surface area (Å²) in [6.45, 7) is 2.13. The fourth-order valence-electron chi connectivity index (χ4n) is 2.17. The minimum Gasteiger partial charge on any atom is -0.508 e. The largest absolute Gasteiger partial charge is 0.508 e. The lowest BCUT2D eigenvalue weighted by atomic mass is 9.87. The lowest BCUT2D eigenvalue weighted by molar-refractivity contribution is 0.322. The molecule has 0 radical (unpaired) electrons. The Morgan fingerprint density at radius 3 is 2.40 bits per heavy atom. The number of benzene rings is 1. The van der Waals surface area contributed by atoms with Crippen molar-refractivity contribution < 1.29 is 5.11 Å². The van der Waals surface area contributed by atoms with Gasteiger partial charge in [-0.25, -0.2) is 0 Å². The number of piperidine rings is 1. The molecule has 1 unspecified atom stereocenters. The van der Waals surface area contributed by atoms with Gasteiger partial charge in [0.25, 0.3) is 0 Å². The fraction of sp³-hybridized carbons (Fsp3) is 0.500. The van der Waals surface area contributed by atoms with Gasteiger partial charge in [-0.05, 0) is 49.5 Å². The van der Waals surface area contributed by atoms with Crippen LogP contribution in [0.4, 0.5) is 0 Å². The van der Waals surface area contributed by atoms with E-state index in [1.807, 2.05) is 12.1 Å². The lowest BCUT2D eigenvalue weighted by Gasteiger charge is -2.28. The molecule has 15 heavy (non-hydrogen) atoms. The smallest absolute Gasteiger partial charge is 0.115 e. The first-order valence-corrected chi connectivity index (χ1v) is 5.52. The molecule has 0 spiro atoms. The number of hydrogen-bond donors (Lipinski definition) is 3. The van der Waals surface area contributed by atoms with Crippen LogP contribution in [0.15, 0.2) is 24.3 Å². The minimum atomic E-state index is 0.104. The number of nitrogens with two attached hydrogens (primary N) is 1. The van der Waals surface area contributed by atoms with E-state index in [9.17, 15) is 5.11 Å². The van der Waals surface area contributed by atoms with Crippen molar-refractivity contribution in [2.45, 2.75) is 18.9 Å². The molecule has 1 fully saturated rings. The highest BCUT2D eigenvalue weighted by molar-refractivity contribution is 5.28. The highest BCUT2D eigenvalue weighted by atomic mass is 16.3. The number of phenolic OH excluding ortho intramolecular Hbond substituents is 1. The van der Waals surface area contributed by atoms with Crippen LogP contribution >= 0.6 is 0 Å². The maximum absolute atomic E-state index is 9.20. The van der Waals surface area contributed by atoms with Crippen LogP contribution < -0.4 is 11.1 Å². The molecule has 1 heterocycles. The van der Waals surface area contributed by atoms with Gasteiger partial charge in [-0.15, -0.1) is 0 Å². The molecule has 1 aliphatic rings. The van der Waals surface area contributed by atoms with Crippen LogP contribution in [0.5, 0.6) is 5.75 Å². The zero-order valence-electron chi connectivity index (χ0n) is 8.82. The van der Waals surface area contributed by atoms with Crippen LogP contribution in [0.3, 0.4) is 0 Å². The maximum atomic E-state index is 9.20. The van der Waals surface area contributed by atoms with Gasteiger partial charge in [-0.2, -0.15) is 0 Å². The average molecular weight is 206 g/mol. The predicted molar refractivity (Wildman–Crippen MR) is 60.6 cm³/mol. The molecule has 0 aliphatic carbocycles. The number of aromatic hydroxyl groups is 1. The third-order valence-electron chi connectivity index (χ3n) is 3.17. The maximum Gasteiger partial charge on any atom is 0.115 e. The number of rotatable bonds is 2. The van der Waals surface area contributed by atoms with Crippen LogP contribution in [0, 0.1) is 5.92 Å². The number of hydrogen-bond acceptors (Lipinski definition) is 3. The molecule has 1 saturated heterocycles. The molecule has 2 rings (SSSR count). The van der Waals surface area contributed by atoms with Crippen LogP contribution in [0.1, 0.15) is 24.4 Å². The molecule has 0 amide bonds. The minimum absolute atomic E-state index is 0.104. The number of nitrogens with one attached hydrogen (secondary N) is 1. The predicted octanol–water partition coefficient (Wildman–Crippen LogP) is 1.39. The van der Waals surface area contributed by atoms with E-state index in [1.54, 1.807) is 12.1 Å². The number of phenols is 1. The fourth-order valence-corrected chi connectivity index (χ4v) is 2.17. The van der Waals surface area contributed by atoms with Gasteiger partial charge >= 0.3 is 0 Å². The van der Waals surface area contributed by atoms with Crippen molar-refractivity contribution in [2.24, 2.45) is 11.7 Å². The van der Waals surface area contributed by atoms with Gasteiger partial charge in [0.05, 0.1) is 0 Å². The molecule has 1 atom stereocenters. The average Bonchev–Trinajstić information content (AvgIpc) is 2.30. The van der Waals surface area contributed by atoms with Crippen molar-refractivity contribution in [1.82, 2.24) is 5.32 Å². The Bertz CT molecular complexity index is 304. The second-order valence-corrected chi connectivity index (χ2v) is 4.20. The van der Waals surface area contributed by atoms with Gasteiger partial charge in [-0.3, -0.25) is 0 Å². The molecule has 1 aromatic rings. The van der Waals surface area contributed by atoms with Gasteiger partial charge in [-0.1, -0.05) is 12.1 Å². The summed E-state index contributed by atoms with van der Waals surface area (Å²) in [4.78, 5) is 0. The van der Waals surface area contributed by atoms with Crippen LogP contribution in [-0.2, 0) is 0 Å². The van der Waals surface area contributed by atoms with Gasteiger partial charge in [0.15, 0.2) is 0 Å². The first-order valence-electron chi connectivity index (χ1n) is 5.52. The van der Waals surface area contributed by atoms with E-state index in [1.165, 1.54) is 0 Å². The van der Waals surface area contributed by atoms with E-state index in [2.05, 4.69) is 5.32 Å². The van der Waals surface area contributed by atoms with Crippen LogP contribution in [-0.4, -0.2) is 18.2 Å². The molecule has 1 aliphatic heterocycles. The van der Waals surface area contributed by atoms with Crippen molar-refractivity contribution >= 4 is 0 Å². The zero-order chi connectivity index (χ0) is 10.7. The second-order valence-electron chi connectivity index (χ2n) is 4.20. The summed E-state index contributed by atoms with van der Waals surface area (Å²) in [5, 5.41) is 12.5. The molecule has 3 nitrogen and oxygen atoms in total. The Morgan fingerprint density at radius 1 is 1.20 bits per heavy atom. The Morgan fingerprint density at radius 2 is 1.80 bits per heavy atom. The van der Waals surface area contributed by atoms with E-state index in [-0.39, 0.29) is 6.04 Å². The molecule has 1 aromatic carbocycles.